The molecule has 0 radical (unpaired) electrons. The third-order valence-corrected chi connectivity index (χ3v) is 3.06. The average Bonchev–Trinajstić information content (AvgIpc) is 2.86. The number of amides is 2. The Morgan fingerprint density at radius 3 is 2.62 bits per heavy atom. The Hall–Kier alpha value is -2.83. The number of hydrogen-bond donors (Lipinski definition) is 4. The number of hydrogen-bond acceptors (Lipinski definition) is 3. The van der Waals surface area contributed by atoms with Crippen molar-refractivity contribution in [2.45, 2.75) is 18.9 Å². The van der Waals surface area contributed by atoms with Gasteiger partial charge in [0.15, 0.2) is 0 Å². The molecule has 1 aromatic heterocycles. The number of aliphatic carboxylic acids is 1. The molecule has 0 aliphatic heterocycles. The quantitative estimate of drug-likeness (QED) is 0.621. The fraction of sp³-hybridized carbons (Fsp3) is 0.214. The Bertz CT molecular complexity index is 659. The standard InChI is InChI=1S/C14H15N3O4/c15-12(18)6-5-10(14(20)21)17-13(19)11-7-8-3-1-2-4-9(8)16-11/h1-4,7,10,16H,5-6H2,(H2,15,18)(H,17,19)(H,20,21)/t10-/m1/s1. The van der Waals surface area contributed by atoms with Gasteiger partial charge in [-0.15, -0.1) is 0 Å². The highest BCUT2D eigenvalue weighted by Gasteiger charge is 2.22. The van der Waals surface area contributed by atoms with Gasteiger partial charge in [-0.25, -0.2) is 4.79 Å². The highest BCUT2D eigenvalue weighted by atomic mass is 16.4. The number of fused-ring (bicyclic) bond motifs is 1. The Labute approximate surface area is 120 Å². The van der Waals surface area contributed by atoms with Crippen molar-refractivity contribution in [3.63, 3.8) is 0 Å². The lowest BCUT2D eigenvalue weighted by molar-refractivity contribution is -0.139. The van der Waals surface area contributed by atoms with Crippen molar-refractivity contribution in [2.24, 2.45) is 5.73 Å². The highest BCUT2D eigenvalue weighted by molar-refractivity contribution is 5.99. The molecule has 21 heavy (non-hydrogen) atoms. The van der Waals surface area contributed by atoms with Crippen LogP contribution in [0.5, 0.6) is 0 Å². The van der Waals surface area contributed by atoms with Gasteiger partial charge in [0.1, 0.15) is 11.7 Å². The van der Waals surface area contributed by atoms with Crippen LogP contribution < -0.4 is 11.1 Å². The van der Waals surface area contributed by atoms with Crippen LogP contribution >= 0.6 is 0 Å². The Balaban J connectivity index is 2.10. The molecule has 2 aromatic rings. The normalized spacial score (nSPS) is 12.0. The first-order chi connectivity index (χ1) is 9.97. The van der Waals surface area contributed by atoms with E-state index in [-0.39, 0.29) is 18.5 Å². The first-order valence-corrected chi connectivity index (χ1v) is 6.37. The summed E-state index contributed by atoms with van der Waals surface area (Å²) in [5, 5.41) is 12.3. The second-order valence-electron chi connectivity index (χ2n) is 4.64. The topological polar surface area (TPSA) is 125 Å². The van der Waals surface area contributed by atoms with Crippen molar-refractivity contribution in [3.05, 3.63) is 36.0 Å². The van der Waals surface area contributed by atoms with Crippen LogP contribution in [0.1, 0.15) is 23.3 Å². The zero-order valence-electron chi connectivity index (χ0n) is 11.1. The summed E-state index contributed by atoms with van der Waals surface area (Å²) in [5.41, 5.74) is 6.03. The van der Waals surface area contributed by atoms with Crippen molar-refractivity contribution in [3.8, 4) is 0 Å². The van der Waals surface area contributed by atoms with Crippen molar-refractivity contribution >= 4 is 28.7 Å². The third kappa shape index (κ3) is 3.59. The Morgan fingerprint density at radius 1 is 1.29 bits per heavy atom. The molecule has 0 bridgehead atoms. The van der Waals surface area contributed by atoms with Crippen LogP contribution in [-0.2, 0) is 9.59 Å². The molecule has 0 saturated heterocycles. The lowest BCUT2D eigenvalue weighted by Crippen LogP contribution is -2.41. The number of aromatic nitrogens is 1. The number of para-hydroxylation sites is 1. The van der Waals surface area contributed by atoms with Gasteiger partial charge in [0, 0.05) is 17.3 Å². The van der Waals surface area contributed by atoms with Gasteiger partial charge in [0.2, 0.25) is 5.91 Å². The summed E-state index contributed by atoms with van der Waals surface area (Å²) in [6, 6.07) is 7.80. The molecule has 0 fully saturated rings. The number of aromatic amines is 1. The molecule has 0 aliphatic rings. The molecule has 7 heteroatoms. The lowest BCUT2D eigenvalue weighted by atomic mass is 10.1. The Morgan fingerprint density at radius 2 is 2.00 bits per heavy atom. The Kier molecular flexibility index (Phi) is 4.22. The van der Waals surface area contributed by atoms with Gasteiger partial charge >= 0.3 is 5.97 Å². The van der Waals surface area contributed by atoms with Gasteiger partial charge in [0.05, 0.1) is 0 Å². The third-order valence-electron chi connectivity index (χ3n) is 3.06. The van der Waals surface area contributed by atoms with E-state index in [0.29, 0.717) is 0 Å². The number of carboxylic acids is 1. The van der Waals surface area contributed by atoms with Gasteiger partial charge in [-0.3, -0.25) is 9.59 Å². The monoisotopic (exact) mass is 289 g/mol. The zero-order chi connectivity index (χ0) is 15.4. The minimum absolute atomic E-state index is 0.0450. The average molecular weight is 289 g/mol. The minimum Gasteiger partial charge on any atom is -0.480 e. The van der Waals surface area contributed by atoms with Gasteiger partial charge < -0.3 is 21.1 Å². The van der Waals surface area contributed by atoms with Crippen LogP contribution in [0, 0.1) is 0 Å². The molecule has 0 saturated carbocycles. The molecular formula is C14H15N3O4. The van der Waals surface area contributed by atoms with Crippen LogP contribution in [0.2, 0.25) is 0 Å². The van der Waals surface area contributed by atoms with E-state index >= 15 is 0 Å². The first-order valence-electron chi connectivity index (χ1n) is 6.37. The molecule has 1 aromatic carbocycles. The van der Waals surface area contributed by atoms with Crippen molar-refractivity contribution in [1.29, 1.82) is 0 Å². The number of rotatable bonds is 6. The lowest BCUT2D eigenvalue weighted by Gasteiger charge is -2.12. The van der Waals surface area contributed by atoms with E-state index in [4.69, 9.17) is 10.8 Å². The van der Waals surface area contributed by atoms with Gasteiger partial charge in [-0.2, -0.15) is 0 Å². The summed E-state index contributed by atoms with van der Waals surface area (Å²) in [4.78, 5) is 36.7. The maximum Gasteiger partial charge on any atom is 0.326 e. The summed E-state index contributed by atoms with van der Waals surface area (Å²) in [6.45, 7) is 0. The van der Waals surface area contributed by atoms with Gasteiger partial charge in [-0.05, 0) is 18.6 Å². The van der Waals surface area contributed by atoms with Crippen LogP contribution in [0.4, 0.5) is 0 Å². The predicted molar refractivity (Wildman–Crippen MR) is 75.6 cm³/mol. The van der Waals surface area contributed by atoms with E-state index in [9.17, 15) is 14.4 Å². The molecule has 2 amide bonds. The second kappa shape index (κ2) is 6.08. The van der Waals surface area contributed by atoms with E-state index < -0.39 is 23.8 Å². The number of H-pyrrole nitrogens is 1. The minimum atomic E-state index is -1.21. The molecule has 0 unspecified atom stereocenters. The summed E-state index contributed by atoms with van der Waals surface area (Å²) in [7, 11) is 0. The number of carbonyl (C=O) groups excluding carboxylic acids is 2. The highest BCUT2D eigenvalue weighted by Crippen LogP contribution is 2.14. The first kappa shape index (κ1) is 14.6. The van der Waals surface area contributed by atoms with E-state index in [1.54, 1.807) is 6.07 Å². The van der Waals surface area contributed by atoms with Crippen LogP contribution in [0.15, 0.2) is 30.3 Å². The maximum absolute atomic E-state index is 12.1. The predicted octanol–water partition coefficient (Wildman–Crippen LogP) is 0.616. The molecule has 7 nitrogen and oxygen atoms in total. The van der Waals surface area contributed by atoms with Crippen LogP contribution in [0.25, 0.3) is 10.9 Å². The molecule has 110 valence electrons. The molecule has 5 N–H and O–H groups in total. The number of carboxylic acid groups (broad SMARTS) is 1. The molecular weight excluding hydrogens is 274 g/mol. The maximum atomic E-state index is 12.1. The molecule has 0 aliphatic carbocycles. The number of carbonyl (C=O) groups is 3. The summed E-state index contributed by atoms with van der Waals surface area (Å²) >= 11 is 0. The van der Waals surface area contributed by atoms with Crippen LogP contribution in [0.3, 0.4) is 0 Å². The van der Waals surface area contributed by atoms with E-state index in [1.807, 2.05) is 24.3 Å². The largest absolute Gasteiger partial charge is 0.480 e. The number of primary amides is 1. The fourth-order valence-corrected chi connectivity index (χ4v) is 1.98. The molecule has 0 spiro atoms. The smallest absolute Gasteiger partial charge is 0.326 e. The van der Waals surface area contributed by atoms with Gasteiger partial charge in [-0.1, -0.05) is 18.2 Å². The van der Waals surface area contributed by atoms with E-state index in [1.165, 1.54) is 0 Å². The summed E-state index contributed by atoms with van der Waals surface area (Å²) < 4.78 is 0. The number of benzene rings is 1. The SMILES string of the molecule is NC(=O)CC[C@@H](NC(=O)c1cc2ccccc2[nH]1)C(=O)O. The second-order valence-corrected chi connectivity index (χ2v) is 4.64. The van der Waals surface area contributed by atoms with Crippen LogP contribution in [-0.4, -0.2) is 33.9 Å². The van der Waals surface area contributed by atoms with Gasteiger partial charge in [0.25, 0.3) is 5.91 Å². The fourth-order valence-electron chi connectivity index (χ4n) is 1.98. The van der Waals surface area contributed by atoms with E-state index in [0.717, 1.165) is 10.9 Å². The summed E-state index contributed by atoms with van der Waals surface area (Å²) in [6.07, 6.45) is -0.152. The molecule has 2 rings (SSSR count). The zero-order valence-corrected chi connectivity index (χ0v) is 11.1. The van der Waals surface area contributed by atoms with Crippen molar-refractivity contribution in [2.75, 3.05) is 0 Å². The molecule has 1 atom stereocenters. The number of nitrogens with one attached hydrogen (secondary N) is 2. The summed E-state index contributed by atoms with van der Waals surface area (Å²) in [5.74, 6) is -2.36. The number of nitrogens with two attached hydrogens (primary N) is 1. The van der Waals surface area contributed by atoms with Crippen molar-refractivity contribution < 1.29 is 19.5 Å². The van der Waals surface area contributed by atoms with E-state index in [2.05, 4.69) is 10.3 Å². The van der Waals surface area contributed by atoms with Crippen molar-refractivity contribution in [1.82, 2.24) is 10.3 Å². The molecule has 1 heterocycles.